The van der Waals surface area contributed by atoms with Gasteiger partial charge in [-0.1, -0.05) is 25.1 Å². The number of carboxylic acid groups (broad SMARTS) is 1. The molecule has 35 heavy (non-hydrogen) atoms. The fourth-order valence-electron chi connectivity index (χ4n) is 6.56. The average Bonchev–Trinajstić information content (AvgIpc) is 3.59. The van der Waals surface area contributed by atoms with Gasteiger partial charge in [-0.15, -0.1) is 0 Å². The highest BCUT2D eigenvalue weighted by Gasteiger charge is 2.52. The molecule has 2 aromatic rings. The molecule has 1 aromatic heterocycles. The zero-order valence-corrected chi connectivity index (χ0v) is 20.6. The Bertz CT molecular complexity index is 1020. The van der Waals surface area contributed by atoms with Crippen LogP contribution in [-0.2, 0) is 28.9 Å². The Morgan fingerprint density at radius 2 is 1.74 bits per heavy atom. The molecule has 186 valence electrons. The lowest BCUT2D eigenvalue weighted by Gasteiger charge is -2.22. The molecule has 5 rings (SSSR count). The van der Waals surface area contributed by atoms with Gasteiger partial charge in [0.15, 0.2) is 0 Å². The van der Waals surface area contributed by atoms with Crippen LogP contribution in [0.1, 0.15) is 49.4 Å². The maximum atomic E-state index is 13.0. The zero-order valence-electron chi connectivity index (χ0n) is 20.6. The van der Waals surface area contributed by atoms with E-state index in [2.05, 4.69) is 18.0 Å². The Balaban J connectivity index is 1.10. The van der Waals surface area contributed by atoms with Crippen LogP contribution in [0.3, 0.4) is 0 Å². The van der Waals surface area contributed by atoms with Crippen LogP contribution < -0.4 is 4.74 Å². The van der Waals surface area contributed by atoms with Gasteiger partial charge in [0.25, 0.3) is 0 Å². The molecule has 3 aliphatic rings. The molecule has 2 heterocycles. The summed E-state index contributed by atoms with van der Waals surface area (Å²) in [5, 5.41) is 9.79. The van der Waals surface area contributed by atoms with Crippen molar-refractivity contribution in [3.05, 3.63) is 59.4 Å². The number of ether oxygens (including phenoxy) is 1. The second-order valence-corrected chi connectivity index (χ2v) is 10.7. The third-order valence-electron chi connectivity index (χ3n) is 8.59. The molecule has 2 saturated carbocycles. The van der Waals surface area contributed by atoms with Gasteiger partial charge in [-0.2, -0.15) is 0 Å². The van der Waals surface area contributed by atoms with Crippen LogP contribution in [0, 0.1) is 29.6 Å². The van der Waals surface area contributed by atoms with Gasteiger partial charge >= 0.3 is 5.97 Å². The molecule has 2 bridgehead atoms. The number of aryl methyl sites for hydroxylation is 1. The maximum absolute atomic E-state index is 13.0. The van der Waals surface area contributed by atoms with Crippen molar-refractivity contribution >= 4 is 11.9 Å². The van der Waals surface area contributed by atoms with Crippen molar-refractivity contribution in [2.24, 2.45) is 29.6 Å². The predicted molar refractivity (Wildman–Crippen MR) is 133 cm³/mol. The molecule has 1 amide bonds. The van der Waals surface area contributed by atoms with E-state index in [1.54, 1.807) is 0 Å². The van der Waals surface area contributed by atoms with Crippen LogP contribution >= 0.6 is 0 Å². The summed E-state index contributed by atoms with van der Waals surface area (Å²) < 4.78 is 5.85. The number of amides is 1. The number of carboxylic acids is 1. The van der Waals surface area contributed by atoms with Gasteiger partial charge in [0.1, 0.15) is 5.75 Å². The Hall–Kier alpha value is -2.89. The van der Waals surface area contributed by atoms with Crippen LogP contribution in [0.2, 0.25) is 0 Å². The Morgan fingerprint density at radius 3 is 2.34 bits per heavy atom. The van der Waals surface area contributed by atoms with Gasteiger partial charge in [0.2, 0.25) is 5.91 Å². The minimum Gasteiger partial charge on any atom is -0.493 e. The predicted octanol–water partition coefficient (Wildman–Crippen LogP) is 4.40. The van der Waals surface area contributed by atoms with Crippen molar-refractivity contribution in [1.29, 1.82) is 0 Å². The highest BCUT2D eigenvalue weighted by Crippen LogP contribution is 2.55. The van der Waals surface area contributed by atoms with Crippen molar-refractivity contribution in [3.8, 4) is 5.75 Å². The first-order valence-corrected chi connectivity index (χ1v) is 13.2. The number of pyridine rings is 1. The number of aliphatic carboxylic acids is 1. The van der Waals surface area contributed by atoms with Crippen molar-refractivity contribution in [2.45, 2.75) is 51.9 Å². The summed E-state index contributed by atoms with van der Waals surface area (Å²) in [5.41, 5.74) is 3.13. The topological polar surface area (TPSA) is 79.7 Å². The highest BCUT2D eigenvalue weighted by molar-refractivity contribution is 5.82. The van der Waals surface area contributed by atoms with Gasteiger partial charge in [-0.05, 0) is 85.1 Å². The molecule has 5 unspecified atom stereocenters. The Morgan fingerprint density at radius 1 is 1.06 bits per heavy atom. The van der Waals surface area contributed by atoms with Crippen molar-refractivity contribution in [2.75, 3.05) is 19.7 Å². The summed E-state index contributed by atoms with van der Waals surface area (Å²) in [6.07, 6.45) is 8.02. The molecule has 6 heteroatoms. The molecule has 1 saturated heterocycles. The Labute approximate surface area is 207 Å². The number of carbonyl (C=O) groups excluding carboxylic acids is 1. The quantitative estimate of drug-likeness (QED) is 0.550. The van der Waals surface area contributed by atoms with Gasteiger partial charge in [-0.3, -0.25) is 14.6 Å². The molecule has 2 aliphatic carbocycles. The number of likely N-dealkylation sites (tertiary alicyclic amines) is 1. The van der Waals surface area contributed by atoms with E-state index in [4.69, 9.17) is 4.74 Å². The number of fused-ring (bicyclic) bond motifs is 5. The first-order chi connectivity index (χ1) is 17.0. The molecule has 5 atom stereocenters. The summed E-state index contributed by atoms with van der Waals surface area (Å²) in [7, 11) is 0. The number of aromatic nitrogens is 1. The third-order valence-corrected chi connectivity index (χ3v) is 8.59. The van der Waals surface area contributed by atoms with Crippen LogP contribution in [0.25, 0.3) is 0 Å². The minimum absolute atomic E-state index is 0.00623. The second-order valence-electron chi connectivity index (χ2n) is 10.7. The average molecular weight is 477 g/mol. The largest absolute Gasteiger partial charge is 0.493 e. The SMILES string of the molecule is CCc1ccc(CCOc2ccc(CC(CC(=O)N3CC4C5CCC(C5)C4C3)C(=O)O)cc2)nc1. The molecule has 3 fully saturated rings. The number of benzene rings is 1. The van der Waals surface area contributed by atoms with Crippen LogP contribution in [0.5, 0.6) is 5.75 Å². The van der Waals surface area contributed by atoms with Gasteiger partial charge in [0.05, 0.1) is 12.5 Å². The normalized spacial score (nSPS) is 25.5. The first kappa shape index (κ1) is 23.8. The number of nitrogens with zero attached hydrogens (tertiary/aromatic N) is 2. The summed E-state index contributed by atoms with van der Waals surface area (Å²) >= 11 is 0. The highest BCUT2D eigenvalue weighted by atomic mass is 16.5. The van der Waals surface area contributed by atoms with Gasteiger partial charge in [0, 0.05) is 37.8 Å². The number of hydrogen-bond donors (Lipinski definition) is 1. The lowest BCUT2D eigenvalue weighted by molar-refractivity contribution is -0.145. The van der Waals surface area contributed by atoms with E-state index >= 15 is 0 Å². The standard InChI is InChI=1S/C29H36N2O4/c1-2-19-3-8-24(30-16-19)11-12-35-25-9-4-20(5-10-25)13-23(29(33)34)15-28(32)31-17-26-21-6-7-22(14-21)27(26)18-31/h3-5,8-10,16,21-23,26-27H,2,6-7,11-15,17-18H2,1H3,(H,33,34). The van der Waals surface area contributed by atoms with E-state index < -0.39 is 11.9 Å². The van der Waals surface area contributed by atoms with E-state index in [0.29, 0.717) is 24.9 Å². The number of rotatable bonds is 10. The third kappa shape index (κ3) is 5.36. The van der Waals surface area contributed by atoms with Crippen molar-refractivity contribution < 1.29 is 19.4 Å². The van der Waals surface area contributed by atoms with E-state index in [1.807, 2.05) is 41.4 Å². The molecular formula is C29H36N2O4. The van der Waals surface area contributed by atoms with Crippen molar-refractivity contribution in [1.82, 2.24) is 9.88 Å². The van der Waals surface area contributed by atoms with Crippen LogP contribution in [0.4, 0.5) is 0 Å². The van der Waals surface area contributed by atoms with Gasteiger partial charge < -0.3 is 14.7 Å². The lowest BCUT2D eigenvalue weighted by atomic mass is 9.82. The smallest absolute Gasteiger partial charge is 0.307 e. The lowest BCUT2D eigenvalue weighted by Crippen LogP contribution is -2.33. The summed E-state index contributed by atoms with van der Waals surface area (Å²) in [6.45, 7) is 4.31. The molecule has 0 radical (unpaired) electrons. The zero-order chi connectivity index (χ0) is 24.4. The number of hydrogen-bond acceptors (Lipinski definition) is 4. The summed E-state index contributed by atoms with van der Waals surface area (Å²) in [5.74, 6) is 2.03. The summed E-state index contributed by atoms with van der Waals surface area (Å²) in [4.78, 5) is 31.3. The first-order valence-electron chi connectivity index (χ1n) is 13.2. The molecule has 1 aliphatic heterocycles. The monoisotopic (exact) mass is 476 g/mol. The summed E-state index contributed by atoms with van der Waals surface area (Å²) in [6, 6.07) is 11.7. The molecule has 0 spiro atoms. The van der Waals surface area contributed by atoms with Crippen LogP contribution in [-0.4, -0.2) is 46.6 Å². The fraction of sp³-hybridized carbons (Fsp3) is 0.552. The Kier molecular flexibility index (Phi) is 7.07. The molecule has 1 N–H and O–H groups in total. The van der Waals surface area contributed by atoms with Gasteiger partial charge in [-0.25, -0.2) is 0 Å². The van der Waals surface area contributed by atoms with E-state index in [0.717, 1.165) is 54.8 Å². The molecular weight excluding hydrogens is 440 g/mol. The van der Waals surface area contributed by atoms with E-state index in [1.165, 1.54) is 24.8 Å². The maximum Gasteiger partial charge on any atom is 0.307 e. The molecule has 1 aromatic carbocycles. The van der Waals surface area contributed by atoms with E-state index in [-0.39, 0.29) is 12.3 Å². The fourth-order valence-corrected chi connectivity index (χ4v) is 6.56. The van der Waals surface area contributed by atoms with Crippen LogP contribution in [0.15, 0.2) is 42.6 Å². The van der Waals surface area contributed by atoms with E-state index in [9.17, 15) is 14.7 Å². The second kappa shape index (κ2) is 10.4. The minimum atomic E-state index is -0.903. The molecule has 6 nitrogen and oxygen atoms in total. The van der Waals surface area contributed by atoms with Crippen molar-refractivity contribution in [3.63, 3.8) is 0 Å². The number of carbonyl (C=O) groups is 2.